The summed E-state index contributed by atoms with van der Waals surface area (Å²) in [5, 5.41) is 8.28. The summed E-state index contributed by atoms with van der Waals surface area (Å²) in [5.41, 5.74) is 2.62. The number of nitrogens with one attached hydrogen (secondary N) is 1. The Morgan fingerprint density at radius 3 is 2.53 bits per heavy atom. The van der Waals surface area contributed by atoms with Gasteiger partial charge >= 0.3 is 0 Å². The number of aryl methyl sites for hydroxylation is 2. The van der Waals surface area contributed by atoms with Gasteiger partial charge in [-0.25, -0.2) is 0 Å². The highest BCUT2D eigenvalue weighted by atomic mass is 15.3. The first-order valence-corrected chi connectivity index (χ1v) is 7.95. The van der Waals surface area contributed by atoms with Gasteiger partial charge in [-0.3, -0.25) is 4.68 Å². The monoisotopic (exact) mass is 265 g/mol. The number of rotatable bonds is 9. The van der Waals surface area contributed by atoms with Gasteiger partial charge in [0.15, 0.2) is 0 Å². The molecule has 0 spiro atoms. The molecule has 1 N–H and O–H groups in total. The molecule has 3 heteroatoms. The highest BCUT2D eigenvalue weighted by Gasteiger charge is 2.18. The molecule has 0 bridgehead atoms. The average Bonchev–Trinajstić information content (AvgIpc) is 2.84. The van der Waals surface area contributed by atoms with Crippen LogP contribution in [0.4, 0.5) is 0 Å². The predicted molar refractivity (Wildman–Crippen MR) is 82.5 cm³/mol. The van der Waals surface area contributed by atoms with Gasteiger partial charge in [0.2, 0.25) is 0 Å². The summed E-state index contributed by atoms with van der Waals surface area (Å²) >= 11 is 0. The molecular weight excluding hydrogens is 234 g/mol. The standard InChI is InChI=1S/C16H31N3/c1-6-10-17-13(5)14(7-2)11-16-12-15(8-3)18-19(16)9-4/h12-14,17H,6-11H2,1-5H3. The van der Waals surface area contributed by atoms with E-state index in [0.717, 1.165) is 25.9 Å². The van der Waals surface area contributed by atoms with Crippen molar-refractivity contribution in [2.45, 2.75) is 72.9 Å². The fourth-order valence-corrected chi connectivity index (χ4v) is 2.61. The minimum Gasteiger partial charge on any atom is -0.314 e. The second-order valence-electron chi connectivity index (χ2n) is 5.41. The highest BCUT2D eigenvalue weighted by molar-refractivity contribution is 5.11. The Morgan fingerprint density at radius 1 is 1.26 bits per heavy atom. The van der Waals surface area contributed by atoms with Crippen molar-refractivity contribution in [3.05, 3.63) is 17.5 Å². The van der Waals surface area contributed by atoms with E-state index < -0.39 is 0 Å². The van der Waals surface area contributed by atoms with Gasteiger partial charge in [-0.1, -0.05) is 27.2 Å². The molecule has 2 unspecified atom stereocenters. The molecule has 3 nitrogen and oxygen atoms in total. The summed E-state index contributed by atoms with van der Waals surface area (Å²) in [6, 6.07) is 2.87. The van der Waals surface area contributed by atoms with Gasteiger partial charge in [0.25, 0.3) is 0 Å². The fourth-order valence-electron chi connectivity index (χ4n) is 2.61. The number of aromatic nitrogens is 2. The topological polar surface area (TPSA) is 29.9 Å². The molecule has 0 saturated heterocycles. The lowest BCUT2D eigenvalue weighted by molar-refractivity contribution is 0.354. The average molecular weight is 265 g/mol. The van der Waals surface area contributed by atoms with Gasteiger partial charge in [-0.05, 0) is 51.6 Å². The van der Waals surface area contributed by atoms with E-state index >= 15 is 0 Å². The first kappa shape index (κ1) is 16.2. The maximum atomic E-state index is 4.65. The van der Waals surface area contributed by atoms with Gasteiger partial charge in [0, 0.05) is 18.3 Å². The van der Waals surface area contributed by atoms with Crippen LogP contribution in [0.15, 0.2) is 6.07 Å². The van der Waals surface area contributed by atoms with Crippen LogP contribution in [0.25, 0.3) is 0 Å². The van der Waals surface area contributed by atoms with Gasteiger partial charge in [-0.2, -0.15) is 5.10 Å². The molecule has 1 rings (SSSR count). The molecule has 2 atom stereocenters. The smallest absolute Gasteiger partial charge is 0.0624 e. The normalized spacial score (nSPS) is 14.6. The Morgan fingerprint density at radius 2 is 2.00 bits per heavy atom. The minimum atomic E-state index is 0.579. The van der Waals surface area contributed by atoms with Crippen molar-refractivity contribution in [2.75, 3.05) is 6.54 Å². The first-order valence-electron chi connectivity index (χ1n) is 7.95. The Kier molecular flexibility index (Phi) is 7.14. The zero-order valence-corrected chi connectivity index (χ0v) is 13.4. The van der Waals surface area contributed by atoms with Crippen molar-refractivity contribution in [1.29, 1.82) is 0 Å². The molecule has 1 heterocycles. The molecular formula is C16H31N3. The molecule has 0 radical (unpaired) electrons. The molecule has 0 aliphatic rings. The van der Waals surface area contributed by atoms with Gasteiger partial charge in [-0.15, -0.1) is 0 Å². The van der Waals surface area contributed by atoms with Gasteiger partial charge in [0.1, 0.15) is 0 Å². The Balaban J connectivity index is 2.71. The fraction of sp³-hybridized carbons (Fsp3) is 0.812. The first-order chi connectivity index (χ1) is 9.15. The molecule has 1 aromatic heterocycles. The Hall–Kier alpha value is -0.830. The third-order valence-corrected chi connectivity index (χ3v) is 3.99. The summed E-state index contributed by atoms with van der Waals surface area (Å²) < 4.78 is 2.17. The van der Waals surface area contributed by atoms with Crippen molar-refractivity contribution < 1.29 is 0 Å². The number of hydrogen-bond acceptors (Lipinski definition) is 2. The zero-order chi connectivity index (χ0) is 14.3. The van der Waals surface area contributed by atoms with E-state index in [-0.39, 0.29) is 0 Å². The Labute approximate surface area is 118 Å². The molecule has 1 aromatic rings. The van der Waals surface area contributed by atoms with Crippen LogP contribution in [0.2, 0.25) is 0 Å². The molecule has 0 fully saturated rings. The largest absolute Gasteiger partial charge is 0.314 e. The SMILES string of the molecule is CCCNC(C)C(CC)Cc1cc(CC)nn1CC. The van der Waals surface area contributed by atoms with Crippen molar-refractivity contribution in [3.8, 4) is 0 Å². The molecule has 0 aromatic carbocycles. The molecule has 19 heavy (non-hydrogen) atoms. The van der Waals surface area contributed by atoms with Gasteiger partial charge in [0.05, 0.1) is 5.69 Å². The molecule has 0 aliphatic carbocycles. The van der Waals surface area contributed by atoms with E-state index in [1.165, 1.54) is 24.2 Å². The van der Waals surface area contributed by atoms with E-state index in [1.807, 2.05) is 0 Å². The van der Waals surface area contributed by atoms with Gasteiger partial charge < -0.3 is 5.32 Å². The maximum absolute atomic E-state index is 4.65. The summed E-state index contributed by atoms with van der Waals surface area (Å²) in [4.78, 5) is 0. The van der Waals surface area contributed by atoms with Crippen LogP contribution in [0.5, 0.6) is 0 Å². The maximum Gasteiger partial charge on any atom is 0.0624 e. The second kappa shape index (κ2) is 8.36. The van der Waals surface area contributed by atoms with Crippen LogP contribution in [-0.2, 0) is 19.4 Å². The predicted octanol–water partition coefficient (Wildman–Crippen LogP) is 3.42. The third-order valence-electron chi connectivity index (χ3n) is 3.99. The third kappa shape index (κ3) is 4.64. The van der Waals surface area contributed by atoms with Crippen molar-refractivity contribution in [2.24, 2.45) is 5.92 Å². The summed E-state index contributed by atoms with van der Waals surface area (Å²) in [5.74, 6) is 0.693. The van der Waals surface area contributed by atoms with Crippen molar-refractivity contribution in [1.82, 2.24) is 15.1 Å². The molecule has 0 saturated carbocycles. The van der Waals surface area contributed by atoms with Crippen molar-refractivity contribution >= 4 is 0 Å². The lowest BCUT2D eigenvalue weighted by Gasteiger charge is -2.24. The van der Waals surface area contributed by atoms with Crippen molar-refractivity contribution in [3.63, 3.8) is 0 Å². The van der Waals surface area contributed by atoms with E-state index in [2.05, 4.69) is 55.8 Å². The lowest BCUT2D eigenvalue weighted by atomic mass is 9.92. The minimum absolute atomic E-state index is 0.579. The van der Waals surface area contributed by atoms with E-state index in [4.69, 9.17) is 0 Å². The lowest BCUT2D eigenvalue weighted by Crippen LogP contribution is -2.35. The summed E-state index contributed by atoms with van der Waals surface area (Å²) in [6.07, 6.45) is 4.58. The second-order valence-corrected chi connectivity index (χ2v) is 5.41. The zero-order valence-electron chi connectivity index (χ0n) is 13.4. The van der Waals surface area contributed by atoms with E-state index in [1.54, 1.807) is 0 Å². The molecule has 0 aliphatic heterocycles. The van der Waals surface area contributed by atoms with Crippen LogP contribution >= 0.6 is 0 Å². The van der Waals surface area contributed by atoms with Crippen LogP contribution in [0.3, 0.4) is 0 Å². The number of hydrogen-bond donors (Lipinski definition) is 1. The van der Waals surface area contributed by atoms with Crippen LogP contribution < -0.4 is 5.32 Å². The highest BCUT2D eigenvalue weighted by Crippen LogP contribution is 2.17. The number of nitrogens with zero attached hydrogens (tertiary/aromatic N) is 2. The molecule has 0 amide bonds. The Bertz CT molecular complexity index is 357. The van der Waals surface area contributed by atoms with Crippen LogP contribution in [0, 0.1) is 5.92 Å². The molecule has 110 valence electrons. The van der Waals surface area contributed by atoms with Crippen LogP contribution in [-0.4, -0.2) is 22.4 Å². The van der Waals surface area contributed by atoms with E-state index in [0.29, 0.717) is 12.0 Å². The summed E-state index contributed by atoms with van der Waals surface area (Å²) in [6.45, 7) is 13.3. The summed E-state index contributed by atoms with van der Waals surface area (Å²) in [7, 11) is 0. The quantitative estimate of drug-likeness (QED) is 0.741. The van der Waals surface area contributed by atoms with Crippen LogP contribution in [0.1, 0.15) is 58.8 Å². The van der Waals surface area contributed by atoms with E-state index in [9.17, 15) is 0 Å².